The van der Waals surface area contributed by atoms with E-state index in [-0.39, 0.29) is 6.10 Å². The second kappa shape index (κ2) is 8.14. The molecule has 0 radical (unpaired) electrons. The Hall–Kier alpha value is -1.60. The van der Waals surface area contributed by atoms with Gasteiger partial charge in [-0.05, 0) is 27.8 Å². The molecule has 7 nitrogen and oxygen atoms in total. The highest BCUT2D eigenvalue weighted by Crippen LogP contribution is 2.09. The summed E-state index contributed by atoms with van der Waals surface area (Å²) in [5.74, 6) is 2.25. The fourth-order valence-electron chi connectivity index (χ4n) is 2.30. The Labute approximate surface area is 132 Å². The van der Waals surface area contributed by atoms with Crippen LogP contribution in [0.15, 0.2) is 9.41 Å². The molecule has 2 heterocycles. The third kappa shape index (κ3) is 4.99. The molecule has 2 rings (SSSR count). The summed E-state index contributed by atoms with van der Waals surface area (Å²) in [5, 5.41) is 6.55. The minimum Gasteiger partial charge on any atom is -0.444 e. The monoisotopic (exact) mass is 309 g/mol. The van der Waals surface area contributed by atoms with Gasteiger partial charge in [0.05, 0.1) is 18.4 Å². The molecule has 1 aromatic rings. The highest BCUT2D eigenvalue weighted by atomic mass is 16.5. The SMILES string of the molecule is CCNC(=NCc1nc(C)c(C)o1)NCC1CN(C)CCO1. The lowest BCUT2D eigenvalue weighted by molar-refractivity contribution is -0.0161. The fourth-order valence-corrected chi connectivity index (χ4v) is 2.30. The Balaban J connectivity index is 1.86. The van der Waals surface area contributed by atoms with Crippen LogP contribution in [0.4, 0.5) is 0 Å². The van der Waals surface area contributed by atoms with E-state index in [9.17, 15) is 0 Å². The molecule has 1 aliphatic rings. The molecule has 0 aromatic carbocycles. The van der Waals surface area contributed by atoms with E-state index < -0.39 is 0 Å². The first-order chi connectivity index (χ1) is 10.6. The molecule has 0 bridgehead atoms. The summed E-state index contributed by atoms with van der Waals surface area (Å²) in [7, 11) is 2.11. The number of guanidine groups is 1. The first-order valence-electron chi connectivity index (χ1n) is 7.83. The molecule has 1 atom stereocenters. The van der Waals surface area contributed by atoms with Crippen LogP contribution in [0.2, 0.25) is 0 Å². The second-order valence-corrected chi connectivity index (χ2v) is 5.58. The van der Waals surface area contributed by atoms with Gasteiger partial charge < -0.3 is 24.7 Å². The van der Waals surface area contributed by atoms with Crippen LogP contribution in [0, 0.1) is 13.8 Å². The standard InChI is InChI=1S/C15H27N5O2/c1-5-16-15(17-8-13-10-20(4)6-7-21-13)18-9-14-19-11(2)12(3)22-14/h13H,5-10H2,1-4H3,(H2,16,17,18). The van der Waals surface area contributed by atoms with Gasteiger partial charge in [-0.25, -0.2) is 9.98 Å². The van der Waals surface area contributed by atoms with Crippen molar-refractivity contribution < 1.29 is 9.15 Å². The quantitative estimate of drug-likeness (QED) is 0.615. The van der Waals surface area contributed by atoms with E-state index in [2.05, 4.69) is 32.6 Å². The van der Waals surface area contributed by atoms with Crippen molar-refractivity contribution in [3.8, 4) is 0 Å². The van der Waals surface area contributed by atoms with Crippen LogP contribution in [0.25, 0.3) is 0 Å². The molecule has 0 spiro atoms. The molecule has 2 N–H and O–H groups in total. The number of aromatic nitrogens is 1. The molecule has 1 fully saturated rings. The Morgan fingerprint density at radius 1 is 1.41 bits per heavy atom. The molecule has 1 aliphatic heterocycles. The van der Waals surface area contributed by atoms with Gasteiger partial charge in [0.2, 0.25) is 5.89 Å². The van der Waals surface area contributed by atoms with Crippen molar-refractivity contribution in [1.29, 1.82) is 0 Å². The van der Waals surface area contributed by atoms with Gasteiger partial charge in [-0.3, -0.25) is 0 Å². The van der Waals surface area contributed by atoms with Gasteiger partial charge >= 0.3 is 0 Å². The van der Waals surface area contributed by atoms with E-state index in [1.54, 1.807) is 0 Å². The Kier molecular flexibility index (Phi) is 6.21. The number of morpholine rings is 1. The van der Waals surface area contributed by atoms with Crippen LogP contribution in [0.1, 0.15) is 24.3 Å². The van der Waals surface area contributed by atoms with Gasteiger partial charge in [0, 0.05) is 26.2 Å². The molecule has 1 aromatic heterocycles. The van der Waals surface area contributed by atoms with Gasteiger partial charge in [0.25, 0.3) is 0 Å². The molecular weight excluding hydrogens is 282 g/mol. The maximum Gasteiger partial charge on any atom is 0.216 e. The van der Waals surface area contributed by atoms with E-state index in [4.69, 9.17) is 9.15 Å². The molecule has 1 unspecified atom stereocenters. The van der Waals surface area contributed by atoms with Crippen LogP contribution in [0.3, 0.4) is 0 Å². The summed E-state index contributed by atoms with van der Waals surface area (Å²) in [6.07, 6.45) is 0.189. The van der Waals surface area contributed by atoms with E-state index in [0.29, 0.717) is 12.4 Å². The molecule has 7 heteroatoms. The average molecular weight is 309 g/mol. The van der Waals surface area contributed by atoms with Crippen molar-refractivity contribution in [1.82, 2.24) is 20.5 Å². The van der Waals surface area contributed by atoms with Gasteiger partial charge in [0.1, 0.15) is 12.3 Å². The Morgan fingerprint density at radius 2 is 2.23 bits per heavy atom. The van der Waals surface area contributed by atoms with E-state index >= 15 is 0 Å². The molecule has 0 saturated carbocycles. The number of hydrogen-bond acceptors (Lipinski definition) is 5. The van der Waals surface area contributed by atoms with Crippen LogP contribution >= 0.6 is 0 Å². The normalized spacial score (nSPS) is 20.2. The van der Waals surface area contributed by atoms with Crippen molar-refractivity contribution in [2.75, 3.05) is 39.8 Å². The van der Waals surface area contributed by atoms with Crippen molar-refractivity contribution in [2.24, 2.45) is 4.99 Å². The largest absolute Gasteiger partial charge is 0.444 e. The summed E-state index contributed by atoms with van der Waals surface area (Å²) in [6, 6.07) is 0. The maximum atomic E-state index is 5.74. The highest BCUT2D eigenvalue weighted by Gasteiger charge is 2.17. The fraction of sp³-hybridized carbons (Fsp3) is 0.733. The van der Waals surface area contributed by atoms with Crippen LogP contribution in [-0.4, -0.2) is 61.8 Å². The summed E-state index contributed by atoms with van der Waals surface area (Å²) < 4.78 is 11.3. The molecular formula is C15H27N5O2. The first kappa shape index (κ1) is 16.8. The Morgan fingerprint density at radius 3 is 2.86 bits per heavy atom. The number of rotatable bonds is 5. The zero-order valence-corrected chi connectivity index (χ0v) is 14.0. The number of aryl methyl sites for hydroxylation is 2. The maximum absolute atomic E-state index is 5.74. The molecule has 0 aliphatic carbocycles. The summed E-state index contributed by atoms with van der Waals surface area (Å²) in [5.41, 5.74) is 0.918. The first-order valence-corrected chi connectivity index (χ1v) is 7.83. The minimum atomic E-state index is 0.189. The summed E-state index contributed by atoms with van der Waals surface area (Å²) >= 11 is 0. The molecule has 0 amide bonds. The third-order valence-corrected chi connectivity index (χ3v) is 3.63. The highest BCUT2D eigenvalue weighted by molar-refractivity contribution is 5.79. The third-order valence-electron chi connectivity index (χ3n) is 3.63. The smallest absolute Gasteiger partial charge is 0.216 e. The summed E-state index contributed by atoms with van der Waals surface area (Å²) in [4.78, 5) is 11.1. The average Bonchev–Trinajstić information content (AvgIpc) is 2.81. The van der Waals surface area contributed by atoms with E-state index in [1.165, 1.54) is 0 Å². The molecule has 124 valence electrons. The van der Waals surface area contributed by atoms with Crippen molar-refractivity contribution in [3.63, 3.8) is 0 Å². The topological polar surface area (TPSA) is 74.9 Å². The minimum absolute atomic E-state index is 0.189. The lowest BCUT2D eigenvalue weighted by Crippen LogP contribution is -2.48. The van der Waals surface area contributed by atoms with Crippen LogP contribution in [-0.2, 0) is 11.3 Å². The predicted octanol–water partition coefficient (Wildman–Crippen LogP) is 0.677. The zero-order valence-electron chi connectivity index (χ0n) is 14.0. The van der Waals surface area contributed by atoms with Gasteiger partial charge in [-0.15, -0.1) is 0 Å². The van der Waals surface area contributed by atoms with E-state index in [0.717, 1.165) is 50.2 Å². The lowest BCUT2D eigenvalue weighted by atomic mass is 10.3. The number of nitrogens with one attached hydrogen (secondary N) is 2. The number of hydrogen-bond donors (Lipinski definition) is 2. The number of nitrogens with zero attached hydrogens (tertiary/aromatic N) is 3. The van der Waals surface area contributed by atoms with E-state index in [1.807, 2.05) is 20.8 Å². The summed E-state index contributed by atoms with van der Waals surface area (Å²) in [6.45, 7) is 10.6. The number of ether oxygens (including phenoxy) is 1. The molecule has 1 saturated heterocycles. The van der Waals surface area contributed by atoms with Crippen molar-refractivity contribution >= 4 is 5.96 Å². The number of likely N-dealkylation sites (N-methyl/N-ethyl adjacent to an activating group) is 1. The molecule has 22 heavy (non-hydrogen) atoms. The van der Waals surface area contributed by atoms with Gasteiger partial charge in [-0.1, -0.05) is 0 Å². The van der Waals surface area contributed by atoms with Gasteiger partial charge in [0.15, 0.2) is 5.96 Å². The lowest BCUT2D eigenvalue weighted by Gasteiger charge is -2.30. The van der Waals surface area contributed by atoms with Crippen LogP contribution < -0.4 is 10.6 Å². The second-order valence-electron chi connectivity index (χ2n) is 5.58. The number of aliphatic imine (C=N–C) groups is 1. The number of oxazole rings is 1. The van der Waals surface area contributed by atoms with Gasteiger partial charge in [-0.2, -0.15) is 0 Å². The Bertz CT molecular complexity index is 481. The van der Waals surface area contributed by atoms with Crippen LogP contribution in [0.5, 0.6) is 0 Å². The van der Waals surface area contributed by atoms with Crippen molar-refractivity contribution in [2.45, 2.75) is 33.4 Å². The predicted molar refractivity (Wildman–Crippen MR) is 86.0 cm³/mol. The zero-order chi connectivity index (χ0) is 15.9. The van der Waals surface area contributed by atoms with Crippen molar-refractivity contribution in [3.05, 3.63) is 17.3 Å².